The van der Waals surface area contributed by atoms with Crippen molar-refractivity contribution in [2.24, 2.45) is 0 Å². The second-order valence-corrected chi connectivity index (χ2v) is 18.2. The van der Waals surface area contributed by atoms with Crippen LogP contribution in [0.3, 0.4) is 0 Å². The third-order valence-electron chi connectivity index (χ3n) is 7.32. The van der Waals surface area contributed by atoms with E-state index in [1.54, 1.807) is 12.1 Å². The van der Waals surface area contributed by atoms with Gasteiger partial charge >= 0.3 is 0 Å². The molecule has 1 aliphatic carbocycles. The van der Waals surface area contributed by atoms with E-state index < -0.39 is 8.32 Å². The Kier molecular flexibility index (Phi) is 6.02. The van der Waals surface area contributed by atoms with Gasteiger partial charge in [-0.1, -0.05) is 26.8 Å². The molecular formula is C23H33BrFN3OSSi. The Morgan fingerprint density at radius 1 is 1.26 bits per heavy atom. The molecular weight excluding hydrogens is 493 g/mol. The van der Waals surface area contributed by atoms with Gasteiger partial charge in [0.25, 0.3) is 0 Å². The van der Waals surface area contributed by atoms with E-state index in [0.29, 0.717) is 4.47 Å². The maximum Gasteiger partial charge on any atom is 0.192 e. The molecule has 0 saturated heterocycles. The number of thioether (sulfide) groups is 1. The van der Waals surface area contributed by atoms with Crippen molar-refractivity contribution in [3.05, 3.63) is 45.7 Å². The molecule has 2 aliphatic rings. The molecule has 0 amide bonds. The number of aromatic nitrogens is 3. The number of nitrogens with zero attached hydrogens (tertiary/aromatic N) is 3. The Morgan fingerprint density at radius 3 is 2.58 bits per heavy atom. The lowest BCUT2D eigenvalue weighted by Crippen LogP contribution is -2.45. The molecule has 170 valence electrons. The fourth-order valence-corrected chi connectivity index (χ4v) is 6.63. The predicted molar refractivity (Wildman–Crippen MR) is 132 cm³/mol. The molecule has 4 rings (SSSR count). The number of halogens is 2. The van der Waals surface area contributed by atoms with Crippen LogP contribution < -0.4 is 0 Å². The minimum atomic E-state index is -1.81. The van der Waals surface area contributed by atoms with E-state index in [4.69, 9.17) is 4.43 Å². The predicted octanol–water partition coefficient (Wildman–Crippen LogP) is 6.33. The van der Waals surface area contributed by atoms with Gasteiger partial charge in [0.1, 0.15) is 17.5 Å². The van der Waals surface area contributed by atoms with E-state index in [-0.39, 0.29) is 21.0 Å². The van der Waals surface area contributed by atoms with Crippen LogP contribution in [0.4, 0.5) is 4.39 Å². The molecule has 1 saturated carbocycles. The zero-order chi connectivity index (χ0) is 22.7. The first-order chi connectivity index (χ1) is 14.4. The second-order valence-electron chi connectivity index (χ2n) is 10.8. The summed E-state index contributed by atoms with van der Waals surface area (Å²) >= 11 is 5.25. The molecule has 2 heterocycles. The van der Waals surface area contributed by atoms with Crippen LogP contribution in [0, 0.1) is 5.82 Å². The van der Waals surface area contributed by atoms with E-state index in [0.717, 1.165) is 55.4 Å². The third-order valence-corrected chi connectivity index (χ3v) is 13.8. The van der Waals surface area contributed by atoms with Crippen molar-refractivity contribution >= 4 is 36.0 Å². The molecule has 31 heavy (non-hydrogen) atoms. The highest BCUT2D eigenvalue weighted by molar-refractivity contribution is 9.10. The SMILES string of the molecule is CC1(CO[Si](C)(C)C(C)(C)C)Cc2nnc(C3(c4ccc(Br)c(F)c4)CC3)n2CCS1. The van der Waals surface area contributed by atoms with Crippen molar-refractivity contribution in [2.75, 3.05) is 12.4 Å². The van der Waals surface area contributed by atoms with Gasteiger partial charge in [0.2, 0.25) is 0 Å². The van der Waals surface area contributed by atoms with Crippen molar-refractivity contribution in [1.29, 1.82) is 0 Å². The van der Waals surface area contributed by atoms with E-state index in [1.807, 2.05) is 17.8 Å². The van der Waals surface area contributed by atoms with Gasteiger partial charge in [0, 0.05) is 30.1 Å². The summed E-state index contributed by atoms with van der Waals surface area (Å²) in [7, 11) is -1.81. The molecule has 1 unspecified atom stereocenters. The summed E-state index contributed by atoms with van der Waals surface area (Å²) in [5.74, 6) is 2.81. The van der Waals surface area contributed by atoms with Crippen molar-refractivity contribution < 1.29 is 8.82 Å². The summed E-state index contributed by atoms with van der Waals surface area (Å²) in [6.45, 7) is 15.4. The van der Waals surface area contributed by atoms with Crippen molar-refractivity contribution in [2.45, 2.75) is 81.8 Å². The molecule has 0 N–H and O–H groups in total. The van der Waals surface area contributed by atoms with Gasteiger partial charge < -0.3 is 8.99 Å². The van der Waals surface area contributed by atoms with Crippen molar-refractivity contribution in [3.63, 3.8) is 0 Å². The van der Waals surface area contributed by atoms with Crippen LogP contribution in [-0.2, 0) is 22.8 Å². The average Bonchev–Trinajstić information content (AvgIpc) is 3.42. The number of hydrogen-bond donors (Lipinski definition) is 0. The van der Waals surface area contributed by atoms with Crippen LogP contribution in [-0.4, -0.2) is 40.2 Å². The van der Waals surface area contributed by atoms with Gasteiger partial charge in [-0.3, -0.25) is 0 Å². The lowest BCUT2D eigenvalue weighted by atomic mass is 9.94. The molecule has 1 aromatic carbocycles. The van der Waals surface area contributed by atoms with Crippen molar-refractivity contribution in [3.8, 4) is 0 Å². The van der Waals surface area contributed by atoms with Gasteiger partial charge in [-0.05, 0) is 71.5 Å². The zero-order valence-electron chi connectivity index (χ0n) is 19.4. The molecule has 0 spiro atoms. The highest BCUT2D eigenvalue weighted by Gasteiger charge is 2.51. The summed E-state index contributed by atoms with van der Waals surface area (Å²) in [6.07, 6.45) is 2.82. The zero-order valence-corrected chi connectivity index (χ0v) is 22.8. The largest absolute Gasteiger partial charge is 0.415 e. The maximum atomic E-state index is 14.2. The monoisotopic (exact) mass is 525 g/mol. The first-order valence-electron chi connectivity index (χ1n) is 11.0. The van der Waals surface area contributed by atoms with Gasteiger partial charge in [0.15, 0.2) is 8.32 Å². The van der Waals surface area contributed by atoms with E-state index in [9.17, 15) is 4.39 Å². The first kappa shape index (κ1) is 23.5. The van der Waals surface area contributed by atoms with Crippen molar-refractivity contribution in [1.82, 2.24) is 14.8 Å². The molecule has 0 bridgehead atoms. The smallest absolute Gasteiger partial charge is 0.192 e. The Hall–Kier alpha value is -0.703. The summed E-state index contributed by atoms with van der Waals surface area (Å²) in [5, 5.41) is 9.48. The van der Waals surface area contributed by atoms with E-state index in [2.05, 4.69) is 71.5 Å². The Morgan fingerprint density at radius 2 is 1.97 bits per heavy atom. The fraction of sp³-hybridized carbons (Fsp3) is 0.652. The number of benzene rings is 1. The fourth-order valence-electron chi connectivity index (χ4n) is 4.03. The van der Waals surface area contributed by atoms with Gasteiger partial charge in [-0.2, -0.15) is 11.8 Å². The normalized spacial score (nSPS) is 23.4. The highest BCUT2D eigenvalue weighted by atomic mass is 79.9. The lowest BCUT2D eigenvalue weighted by Gasteiger charge is -2.39. The second kappa shape index (κ2) is 7.96. The molecule has 1 aliphatic heterocycles. The van der Waals surface area contributed by atoms with Crippen LogP contribution >= 0.6 is 27.7 Å². The van der Waals surface area contributed by atoms with Crippen LogP contribution in [0.25, 0.3) is 0 Å². The van der Waals surface area contributed by atoms with Crippen LogP contribution in [0.15, 0.2) is 22.7 Å². The molecule has 1 fully saturated rings. The average molecular weight is 527 g/mol. The Bertz CT molecular complexity index is 986. The van der Waals surface area contributed by atoms with Crippen LogP contribution in [0.2, 0.25) is 18.1 Å². The summed E-state index contributed by atoms with van der Waals surface area (Å²) in [5.41, 5.74) is 0.805. The summed E-state index contributed by atoms with van der Waals surface area (Å²) < 4.78 is 23.6. The van der Waals surface area contributed by atoms with Gasteiger partial charge in [0.05, 0.1) is 9.89 Å². The summed E-state index contributed by atoms with van der Waals surface area (Å²) in [4.78, 5) is 0. The van der Waals surface area contributed by atoms with Gasteiger partial charge in [-0.25, -0.2) is 4.39 Å². The lowest BCUT2D eigenvalue weighted by molar-refractivity contribution is 0.252. The molecule has 1 atom stereocenters. The van der Waals surface area contributed by atoms with Gasteiger partial charge in [-0.15, -0.1) is 10.2 Å². The standard InChI is InChI=1S/C23H33BrFN3OSSi/c1-21(2,3)31(5,6)29-15-22(4)14-19-26-27-20(28(19)11-12-30-22)23(9-10-23)16-7-8-17(24)18(25)13-16/h7-8,13H,9-12,14-15H2,1-6H3. The molecule has 8 heteroatoms. The number of fused-ring (bicyclic) bond motifs is 1. The minimum Gasteiger partial charge on any atom is -0.415 e. The minimum absolute atomic E-state index is 0.0193. The number of rotatable bonds is 5. The van der Waals surface area contributed by atoms with E-state index in [1.165, 1.54) is 0 Å². The third kappa shape index (κ3) is 4.42. The first-order valence-corrected chi connectivity index (χ1v) is 15.7. The maximum absolute atomic E-state index is 14.2. The quantitative estimate of drug-likeness (QED) is 0.427. The Labute approximate surface area is 199 Å². The molecule has 1 aromatic heterocycles. The van der Waals surface area contributed by atoms with Crippen LogP contribution in [0.1, 0.15) is 57.7 Å². The van der Waals surface area contributed by atoms with E-state index >= 15 is 0 Å². The van der Waals surface area contributed by atoms with Crippen LogP contribution in [0.5, 0.6) is 0 Å². The summed E-state index contributed by atoms with van der Waals surface area (Å²) in [6, 6.07) is 5.47. The molecule has 0 radical (unpaired) electrons. The number of hydrogen-bond acceptors (Lipinski definition) is 4. The highest BCUT2D eigenvalue weighted by Crippen LogP contribution is 2.53. The molecule has 4 nitrogen and oxygen atoms in total. The molecule has 2 aromatic rings. The Balaban J connectivity index is 1.58. The topological polar surface area (TPSA) is 39.9 Å².